The predicted molar refractivity (Wildman–Crippen MR) is 84.3 cm³/mol. The minimum absolute atomic E-state index is 0.330. The summed E-state index contributed by atoms with van der Waals surface area (Å²) >= 11 is 1.37. The molecule has 0 unspecified atom stereocenters. The number of hydrogen-bond acceptors (Lipinski definition) is 6. The van der Waals surface area contributed by atoms with Gasteiger partial charge in [-0.15, -0.1) is 10.2 Å². The normalized spacial score (nSPS) is 10.3. The van der Waals surface area contributed by atoms with Gasteiger partial charge in [0.25, 0.3) is 5.91 Å². The van der Waals surface area contributed by atoms with Gasteiger partial charge in [-0.3, -0.25) is 10.1 Å². The summed E-state index contributed by atoms with van der Waals surface area (Å²) in [5.41, 5.74) is 0.698. The van der Waals surface area contributed by atoms with Crippen LogP contribution in [0.5, 0.6) is 0 Å². The molecule has 0 radical (unpaired) electrons. The largest absolute Gasteiger partial charge is 0.465 e. The number of unbranched alkanes of at least 4 members (excludes halogenated alkanes) is 1. The van der Waals surface area contributed by atoms with Crippen molar-refractivity contribution in [2.75, 3.05) is 12.4 Å². The molecule has 7 heteroatoms. The fourth-order valence-corrected chi connectivity index (χ4v) is 2.58. The molecule has 0 aliphatic heterocycles. The van der Waals surface area contributed by atoms with Crippen molar-refractivity contribution in [2.45, 2.75) is 26.2 Å². The van der Waals surface area contributed by atoms with Crippen LogP contribution in [0.1, 0.15) is 45.5 Å². The Labute approximate surface area is 132 Å². The molecule has 116 valence electrons. The molecular formula is C15H17N3O3S. The summed E-state index contributed by atoms with van der Waals surface area (Å²) in [6, 6.07) is 6.34. The van der Waals surface area contributed by atoms with Crippen LogP contribution in [0.3, 0.4) is 0 Å². The molecule has 0 aliphatic rings. The van der Waals surface area contributed by atoms with Crippen molar-refractivity contribution < 1.29 is 14.3 Å². The van der Waals surface area contributed by atoms with Gasteiger partial charge in [-0.2, -0.15) is 0 Å². The molecule has 0 saturated carbocycles. The van der Waals surface area contributed by atoms with Gasteiger partial charge in [0.1, 0.15) is 5.01 Å². The molecular weight excluding hydrogens is 302 g/mol. The maximum absolute atomic E-state index is 12.2. The number of rotatable bonds is 6. The van der Waals surface area contributed by atoms with E-state index in [0.29, 0.717) is 16.3 Å². The van der Waals surface area contributed by atoms with Crippen molar-refractivity contribution in [3.05, 3.63) is 40.4 Å². The molecule has 1 N–H and O–H groups in total. The van der Waals surface area contributed by atoms with Gasteiger partial charge in [-0.1, -0.05) is 30.7 Å². The van der Waals surface area contributed by atoms with Crippen LogP contribution in [0.4, 0.5) is 5.13 Å². The first-order valence-corrected chi connectivity index (χ1v) is 7.77. The first kappa shape index (κ1) is 16.1. The quantitative estimate of drug-likeness (QED) is 0.828. The van der Waals surface area contributed by atoms with Gasteiger partial charge in [0, 0.05) is 12.0 Å². The summed E-state index contributed by atoms with van der Waals surface area (Å²) in [4.78, 5) is 23.7. The molecule has 2 rings (SSSR count). The first-order valence-electron chi connectivity index (χ1n) is 6.96. The summed E-state index contributed by atoms with van der Waals surface area (Å²) in [7, 11) is 1.30. The lowest BCUT2D eigenvalue weighted by atomic mass is 10.1. The molecule has 1 aromatic carbocycles. The number of methoxy groups -OCH3 is 1. The summed E-state index contributed by atoms with van der Waals surface area (Å²) in [6.07, 6.45) is 2.99. The highest BCUT2D eigenvalue weighted by atomic mass is 32.1. The molecule has 1 amide bonds. The van der Waals surface area contributed by atoms with Gasteiger partial charge in [-0.05, 0) is 24.6 Å². The number of esters is 1. The smallest absolute Gasteiger partial charge is 0.337 e. The van der Waals surface area contributed by atoms with E-state index >= 15 is 0 Å². The zero-order chi connectivity index (χ0) is 15.9. The van der Waals surface area contributed by atoms with E-state index in [-0.39, 0.29) is 5.91 Å². The lowest BCUT2D eigenvalue weighted by molar-refractivity contribution is 0.0600. The lowest BCUT2D eigenvalue weighted by Gasteiger charge is -2.03. The van der Waals surface area contributed by atoms with Crippen molar-refractivity contribution in [2.24, 2.45) is 0 Å². The standard InChI is InChI=1S/C15H17N3O3S/c1-3-4-8-12-17-18-15(22-12)16-13(19)10-6-5-7-11(9-10)14(20)21-2/h5-7,9H,3-4,8H2,1-2H3,(H,16,18,19). The van der Waals surface area contributed by atoms with E-state index in [2.05, 4.69) is 27.2 Å². The number of aryl methyl sites for hydroxylation is 1. The van der Waals surface area contributed by atoms with Crippen LogP contribution in [-0.2, 0) is 11.2 Å². The Kier molecular flexibility index (Phi) is 5.60. The fourth-order valence-electron chi connectivity index (χ4n) is 1.81. The third kappa shape index (κ3) is 4.11. The van der Waals surface area contributed by atoms with Gasteiger partial charge in [-0.25, -0.2) is 4.79 Å². The second kappa shape index (κ2) is 7.65. The Morgan fingerprint density at radius 2 is 2.05 bits per heavy atom. The molecule has 0 fully saturated rings. The molecule has 0 spiro atoms. The number of nitrogens with zero attached hydrogens (tertiary/aromatic N) is 2. The number of anilines is 1. The molecule has 22 heavy (non-hydrogen) atoms. The molecule has 1 heterocycles. The van der Waals surface area contributed by atoms with Crippen LogP contribution in [-0.4, -0.2) is 29.2 Å². The topological polar surface area (TPSA) is 81.2 Å². The van der Waals surface area contributed by atoms with Crippen LogP contribution in [0.25, 0.3) is 0 Å². The lowest BCUT2D eigenvalue weighted by Crippen LogP contribution is -2.13. The average molecular weight is 319 g/mol. The van der Waals surface area contributed by atoms with Crippen molar-refractivity contribution in [1.29, 1.82) is 0 Å². The number of carbonyl (C=O) groups is 2. The Morgan fingerprint density at radius 3 is 2.77 bits per heavy atom. The van der Waals surface area contributed by atoms with E-state index in [1.807, 2.05) is 0 Å². The van der Waals surface area contributed by atoms with Gasteiger partial charge in [0.05, 0.1) is 12.7 Å². The molecule has 0 aliphatic carbocycles. The van der Waals surface area contributed by atoms with Crippen LogP contribution >= 0.6 is 11.3 Å². The molecule has 0 saturated heterocycles. The Hall–Kier alpha value is -2.28. The Bertz CT molecular complexity index is 670. The predicted octanol–water partition coefficient (Wildman–Crippen LogP) is 2.92. The van der Waals surface area contributed by atoms with E-state index in [0.717, 1.165) is 24.3 Å². The summed E-state index contributed by atoms with van der Waals surface area (Å²) in [5.74, 6) is -0.809. The van der Waals surface area contributed by atoms with Gasteiger partial charge in [0.15, 0.2) is 0 Å². The summed E-state index contributed by atoms with van der Waals surface area (Å²) < 4.78 is 4.64. The monoisotopic (exact) mass is 319 g/mol. The van der Waals surface area contributed by atoms with Crippen LogP contribution in [0.2, 0.25) is 0 Å². The minimum atomic E-state index is -0.479. The highest BCUT2D eigenvalue weighted by molar-refractivity contribution is 7.15. The second-order valence-corrected chi connectivity index (χ2v) is 5.69. The van der Waals surface area contributed by atoms with Crippen LogP contribution in [0, 0.1) is 0 Å². The van der Waals surface area contributed by atoms with Gasteiger partial charge >= 0.3 is 5.97 Å². The summed E-state index contributed by atoms with van der Waals surface area (Å²) in [6.45, 7) is 2.11. The van der Waals surface area contributed by atoms with Gasteiger partial charge < -0.3 is 4.74 Å². The Balaban J connectivity index is 2.05. The molecule has 0 bridgehead atoms. The number of carbonyl (C=O) groups excluding carboxylic acids is 2. The zero-order valence-corrected chi connectivity index (χ0v) is 13.3. The number of benzene rings is 1. The highest BCUT2D eigenvalue weighted by Gasteiger charge is 2.13. The van der Waals surface area contributed by atoms with E-state index in [1.54, 1.807) is 18.2 Å². The number of ether oxygens (including phenoxy) is 1. The highest BCUT2D eigenvalue weighted by Crippen LogP contribution is 2.18. The van der Waals surface area contributed by atoms with Crippen molar-refractivity contribution >= 4 is 28.3 Å². The molecule has 2 aromatic rings. The maximum atomic E-state index is 12.2. The number of aromatic nitrogens is 2. The zero-order valence-electron chi connectivity index (χ0n) is 12.5. The number of nitrogens with one attached hydrogen (secondary N) is 1. The second-order valence-electron chi connectivity index (χ2n) is 4.63. The van der Waals surface area contributed by atoms with Gasteiger partial charge in [0.2, 0.25) is 5.13 Å². The van der Waals surface area contributed by atoms with Crippen LogP contribution < -0.4 is 5.32 Å². The van der Waals surface area contributed by atoms with E-state index in [9.17, 15) is 9.59 Å². The number of amides is 1. The van der Waals surface area contributed by atoms with E-state index in [1.165, 1.54) is 24.5 Å². The third-order valence-corrected chi connectivity index (χ3v) is 3.88. The minimum Gasteiger partial charge on any atom is -0.465 e. The SMILES string of the molecule is CCCCc1nnc(NC(=O)c2cccc(C(=O)OC)c2)s1. The van der Waals surface area contributed by atoms with Crippen molar-refractivity contribution in [3.8, 4) is 0 Å². The van der Waals surface area contributed by atoms with Crippen molar-refractivity contribution in [3.63, 3.8) is 0 Å². The van der Waals surface area contributed by atoms with E-state index in [4.69, 9.17) is 0 Å². The number of hydrogen-bond donors (Lipinski definition) is 1. The Morgan fingerprint density at radius 1 is 1.27 bits per heavy atom. The summed E-state index contributed by atoms with van der Waals surface area (Å²) in [5, 5.41) is 12.0. The molecule has 0 atom stereocenters. The molecule has 1 aromatic heterocycles. The first-order chi connectivity index (χ1) is 10.6. The van der Waals surface area contributed by atoms with Crippen molar-refractivity contribution in [1.82, 2.24) is 10.2 Å². The third-order valence-electron chi connectivity index (χ3n) is 2.98. The maximum Gasteiger partial charge on any atom is 0.337 e. The fraction of sp³-hybridized carbons (Fsp3) is 0.333. The van der Waals surface area contributed by atoms with E-state index < -0.39 is 5.97 Å². The average Bonchev–Trinajstić information content (AvgIpc) is 2.99. The van der Waals surface area contributed by atoms with Crippen LogP contribution in [0.15, 0.2) is 24.3 Å². The molecule has 6 nitrogen and oxygen atoms in total.